The number of aryl methyl sites for hydroxylation is 2. The second-order valence-corrected chi connectivity index (χ2v) is 10.1. The van der Waals surface area contributed by atoms with Gasteiger partial charge in [-0.1, -0.05) is 30.7 Å². The highest BCUT2D eigenvalue weighted by molar-refractivity contribution is 7.18. The minimum atomic E-state index is -4.39. The highest BCUT2D eigenvalue weighted by Crippen LogP contribution is 2.35. The van der Waals surface area contributed by atoms with Crippen molar-refractivity contribution in [2.75, 3.05) is 7.11 Å². The number of hydrogen-bond acceptors (Lipinski definition) is 6. The number of aromatic hydroxyl groups is 1. The van der Waals surface area contributed by atoms with Gasteiger partial charge in [0.2, 0.25) is 0 Å². The number of thiazole rings is 1. The quantitative estimate of drug-likeness (QED) is 0.228. The number of fused-ring (bicyclic) bond motifs is 1. The summed E-state index contributed by atoms with van der Waals surface area (Å²) in [6.07, 6.45) is -4.02. The third-order valence-electron chi connectivity index (χ3n) is 5.58. The van der Waals surface area contributed by atoms with E-state index in [0.29, 0.717) is 45.0 Å². The van der Waals surface area contributed by atoms with Crippen LogP contribution in [0.5, 0.6) is 11.5 Å². The second kappa shape index (κ2) is 12.6. The Morgan fingerprint density at radius 3 is 2.37 bits per heavy atom. The predicted octanol–water partition coefficient (Wildman–Crippen LogP) is 8.30. The van der Waals surface area contributed by atoms with Crippen molar-refractivity contribution in [2.24, 2.45) is 0 Å². The van der Waals surface area contributed by atoms with Crippen molar-refractivity contribution < 1.29 is 32.5 Å². The molecule has 0 unspecified atom stereocenters. The van der Waals surface area contributed by atoms with Gasteiger partial charge in [-0.25, -0.2) is 4.98 Å². The minimum Gasteiger partial charge on any atom is -0.507 e. The fourth-order valence-corrected chi connectivity index (χ4v) is 4.81. The molecule has 0 aliphatic carbocycles. The van der Waals surface area contributed by atoms with E-state index in [1.165, 1.54) is 17.4 Å². The molecule has 0 spiro atoms. The maximum atomic E-state index is 13.1. The summed E-state index contributed by atoms with van der Waals surface area (Å²) < 4.78 is 50.5. The van der Waals surface area contributed by atoms with Crippen LogP contribution < -0.4 is 4.74 Å². The first-order valence-electron chi connectivity index (χ1n) is 11.6. The maximum Gasteiger partial charge on any atom is 0.416 e. The van der Waals surface area contributed by atoms with Gasteiger partial charge >= 0.3 is 6.18 Å². The van der Waals surface area contributed by atoms with Gasteiger partial charge in [-0.05, 0) is 61.4 Å². The van der Waals surface area contributed by atoms with Crippen molar-refractivity contribution in [1.29, 1.82) is 0 Å². The van der Waals surface area contributed by atoms with Crippen molar-refractivity contribution in [1.82, 2.24) is 4.98 Å². The smallest absolute Gasteiger partial charge is 0.416 e. The van der Waals surface area contributed by atoms with Crippen molar-refractivity contribution in [2.45, 2.75) is 46.6 Å². The van der Waals surface area contributed by atoms with E-state index >= 15 is 0 Å². The first kappa shape index (κ1) is 29.4. The van der Waals surface area contributed by atoms with Gasteiger partial charge in [0.05, 0.1) is 46.7 Å². The molecule has 0 amide bonds. The molecule has 5 nitrogen and oxygen atoms in total. The Balaban J connectivity index is 0.000000260. The molecule has 3 aromatic carbocycles. The van der Waals surface area contributed by atoms with Crippen LogP contribution in [0.3, 0.4) is 0 Å². The van der Waals surface area contributed by atoms with E-state index in [2.05, 4.69) is 4.98 Å². The Morgan fingerprint density at radius 1 is 1.08 bits per heavy atom. The van der Waals surface area contributed by atoms with E-state index in [-0.39, 0.29) is 18.1 Å². The molecule has 0 saturated heterocycles. The number of ether oxygens (including phenoxy) is 2. The van der Waals surface area contributed by atoms with E-state index in [0.717, 1.165) is 28.5 Å². The topological polar surface area (TPSA) is 68.7 Å². The third-order valence-corrected chi connectivity index (χ3v) is 6.72. The zero-order valence-corrected chi connectivity index (χ0v) is 22.9. The number of benzene rings is 3. The Kier molecular flexibility index (Phi) is 9.76. The lowest BCUT2D eigenvalue weighted by molar-refractivity contribution is -0.137. The van der Waals surface area contributed by atoms with Crippen LogP contribution >= 0.6 is 22.9 Å². The Morgan fingerprint density at radius 2 is 1.76 bits per heavy atom. The molecule has 1 aromatic heterocycles. The lowest BCUT2D eigenvalue weighted by Crippen LogP contribution is -2.06. The highest BCUT2D eigenvalue weighted by Gasteiger charge is 2.31. The van der Waals surface area contributed by atoms with E-state index < -0.39 is 11.7 Å². The Labute approximate surface area is 227 Å². The molecule has 4 rings (SSSR count). The fraction of sp³-hybridized carbons (Fsp3) is 0.286. The molecule has 0 saturated carbocycles. The minimum absolute atomic E-state index is 0.0382. The number of halogens is 4. The largest absolute Gasteiger partial charge is 0.507 e. The summed E-state index contributed by atoms with van der Waals surface area (Å²) in [5.74, 6) is 0.681. The number of hydrogen-bond donors (Lipinski definition) is 1. The lowest BCUT2D eigenvalue weighted by Gasteiger charge is -2.11. The van der Waals surface area contributed by atoms with Gasteiger partial charge in [-0.15, -0.1) is 11.3 Å². The number of phenols is 1. The predicted molar refractivity (Wildman–Crippen MR) is 143 cm³/mol. The monoisotopic (exact) mass is 565 g/mol. The average molecular weight is 566 g/mol. The van der Waals surface area contributed by atoms with Crippen LogP contribution in [0, 0.1) is 13.8 Å². The van der Waals surface area contributed by atoms with Crippen LogP contribution in [-0.4, -0.2) is 23.0 Å². The molecule has 38 heavy (non-hydrogen) atoms. The molecular weight excluding hydrogens is 539 g/mol. The van der Waals surface area contributed by atoms with Crippen LogP contribution in [0.25, 0.3) is 10.2 Å². The summed E-state index contributed by atoms with van der Waals surface area (Å²) in [5, 5.41) is 10.8. The number of carbonyl (C=O) groups excluding carboxylic acids is 1. The number of rotatable bonds is 7. The maximum absolute atomic E-state index is 13.1. The summed E-state index contributed by atoms with van der Waals surface area (Å²) in [6.45, 7) is 5.60. The Hall–Kier alpha value is -3.14. The standard InChI is InChI=1S/C18H16F3NO2S.C10H11ClO2/c1-11-22-17-13(7-14(18(19,20)21)8-16(17)25-11)10-24-9-12-3-5-15(23-2)6-4-12;1-3-9(12)8-5-7(11)4-6(2)10(8)13/h3-8H,9-10H2,1-2H3;4-5,13H,3H2,1-2H3. The number of nitrogens with zero attached hydrogens (tertiary/aromatic N) is 1. The number of methoxy groups -OCH3 is 1. The molecule has 0 bridgehead atoms. The van der Waals surface area contributed by atoms with Gasteiger partial charge in [0.1, 0.15) is 11.5 Å². The van der Waals surface area contributed by atoms with Crippen LogP contribution in [0.4, 0.5) is 13.2 Å². The molecule has 0 atom stereocenters. The van der Waals surface area contributed by atoms with Crippen molar-refractivity contribution in [3.63, 3.8) is 0 Å². The van der Waals surface area contributed by atoms with Crippen molar-refractivity contribution >= 4 is 38.9 Å². The van der Waals surface area contributed by atoms with Crippen molar-refractivity contribution in [3.8, 4) is 11.5 Å². The molecule has 1 heterocycles. The van der Waals surface area contributed by atoms with E-state index in [1.54, 1.807) is 33.9 Å². The SMILES string of the molecule is CCC(=O)c1cc(Cl)cc(C)c1O.COc1ccc(COCc2cc(C(F)(F)F)cc3sc(C)nc23)cc1. The lowest BCUT2D eigenvalue weighted by atomic mass is 10.0. The molecule has 1 N–H and O–H groups in total. The van der Waals surface area contributed by atoms with E-state index in [4.69, 9.17) is 21.1 Å². The molecule has 0 aliphatic heterocycles. The number of ketones is 1. The van der Waals surface area contributed by atoms with Gasteiger partial charge in [-0.2, -0.15) is 13.2 Å². The summed E-state index contributed by atoms with van der Waals surface area (Å²) in [7, 11) is 1.58. The van der Waals surface area contributed by atoms with Gasteiger partial charge in [0.15, 0.2) is 5.78 Å². The summed E-state index contributed by atoms with van der Waals surface area (Å²) >= 11 is 7.01. The molecule has 0 fully saturated rings. The van der Waals surface area contributed by atoms with Crippen LogP contribution in [0.2, 0.25) is 5.02 Å². The number of carbonyl (C=O) groups is 1. The summed E-state index contributed by atoms with van der Waals surface area (Å²) in [5.41, 5.74) is 2.20. The average Bonchev–Trinajstić information content (AvgIpc) is 3.26. The highest BCUT2D eigenvalue weighted by atomic mass is 35.5. The first-order chi connectivity index (χ1) is 17.9. The van der Waals surface area contributed by atoms with E-state index in [9.17, 15) is 23.1 Å². The van der Waals surface area contributed by atoms with Gasteiger partial charge in [0.25, 0.3) is 0 Å². The Bertz CT molecular complexity index is 1420. The van der Waals surface area contributed by atoms with Gasteiger partial charge in [0, 0.05) is 17.0 Å². The second-order valence-electron chi connectivity index (χ2n) is 8.45. The number of phenolic OH excluding ortho intramolecular Hbond substituents is 1. The molecular formula is C28H27ClF3NO4S. The molecule has 0 radical (unpaired) electrons. The number of Topliss-reactive ketones (excluding diaryl/α,β-unsaturated/α-hetero) is 1. The normalized spacial score (nSPS) is 11.3. The molecule has 10 heteroatoms. The fourth-order valence-electron chi connectivity index (χ4n) is 3.62. The third kappa shape index (κ3) is 7.46. The van der Waals surface area contributed by atoms with E-state index in [1.807, 2.05) is 24.3 Å². The molecule has 202 valence electrons. The zero-order chi connectivity index (χ0) is 28.0. The van der Waals surface area contributed by atoms with Crippen molar-refractivity contribution in [3.05, 3.63) is 86.4 Å². The zero-order valence-electron chi connectivity index (χ0n) is 21.3. The molecule has 4 aromatic rings. The summed E-state index contributed by atoms with van der Waals surface area (Å²) in [4.78, 5) is 15.7. The van der Waals surface area contributed by atoms with Crippen LogP contribution in [0.1, 0.15) is 51.0 Å². The van der Waals surface area contributed by atoms with Gasteiger partial charge < -0.3 is 14.6 Å². The van der Waals surface area contributed by atoms with Crippen LogP contribution in [0.15, 0.2) is 48.5 Å². The van der Waals surface area contributed by atoms with Gasteiger partial charge in [-0.3, -0.25) is 4.79 Å². The molecule has 0 aliphatic rings. The summed E-state index contributed by atoms with van der Waals surface area (Å²) in [6, 6.07) is 12.7. The van der Waals surface area contributed by atoms with Crippen LogP contribution in [-0.2, 0) is 24.1 Å². The number of alkyl halides is 3. The first-order valence-corrected chi connectivity index (χ1v) is 12.8. The number of aromatic nitrogens is 1.